The Balaban J connectivity index is 0.992. The van der Waals surface area contributed by atoms with Crippen LogP contribution in [0.2, 0.25) is 0 Å². The number of fused-ring (bicyclic) bond motifs is 3. The molecule has 2 unspecified atom stereocenters. The Labute approximate surface area is 275 Å². The van der Waals surface area contributed by atoms with Crippen LogP contribution < -0.4 is 20.4 Å². The van der Waals surface area contributed by atoms with Crippen molar-refractivity contribution < 1.29 is 19.1 Å². The molecule has 0 spiro atoms. The predicted octanol–water partition coefficient (Wildman–Crippen LogP) is 3.55. The minimum absolute atomic E-state index is 0.0176. The molecule has 2 atom stereocenters. The predicted molar refractivity (Wildman–Crippen MR) is 180 cm³/mol. The quantitative estimate of drug-likeness (QED) is 0.395. The Morgan fingerprint density at radius 3 is 2.06 bits per heavy atom. The van der Waals surface area contributed by atoms with E-state index in [1.54, 1.807) is 24.3 Å². The summed E-state index contributed by atoms with van der Waals surface area (Å²) in [7, 11) is 0. The maximum Gasteiger partial charge on any atom is 0.323 e. The summed E-state index contributed by atoms with van der Waals surface area (Å²) in [5, 5.41) is 5.74. The van der Waals surface area contributed by atoms with E-state index in [4.69, 9.17) is 24.4 Å². The van der Waals surface area contributed by atoms with Gasteiger partial charge in [0.2, 0.25) is 11.9 Å². The summed E-state index contributed by atoms with van der Waals surface area (Å²) in [4.78, 5) is 49.2. The van der Waals surface area contributed by atoms with Gasteiger partial charge in [-0.15, -0.1) is 0 Å². The second-order valence-electron chi connectivity index (χ2n) is 12.9. The molecule has 2 aromatic carbocycles. The van der Waals surface area contributed by atoms with Gasteiger partial charge in [0, 0.05) is 74.4 Å². The van der Waals surface area contributed by atoms with Crippen LogP contribution in [0.25, 0.3) is 11.4 Å². The van der Waals surface area contributed by atoms with Gasteiger partial charge in [0.15, 0.2) is 5.82 Å². The third-order valence-electron chi connectivity index (χ3n) is 9.47. The third-order valence-corrected chi connectivity index (χ3v) is 9.47. The molecule has 13 heteroatoms. The van der Waals surface area contributed by atoms with Crippen LogP contribution in [0, 0.1) is 0 Å². The maximum atomic E-state index is 13.0. The summed E-state index contributed by atoms with van der Waals surface area (Å²) < 4.78 is 11.5. The molecule has 0 radical (unpaired) electrons. The normalized spacial score (nSPS) is 21.6. The first-order valence-electron chi connectivity index (χ1n) is 16.7. The fraction of sp³-hybridized carbons (Fsp3) is 0.500. The molecule has 5 saturated heterocycles. The topological polar surface area (TPSA) is 128 Å². The van der Waals surface area contributed by atoms with Crippen molar-refractivity contribution in [3.05, 3.63) is 54.1 Å². The van der Waals surface area contributed by atoms with Crippen molar-refractivity contribution in [3.8, 4) is 11.4 Å². The molecule has 0 saturated carbocycles. The molecule has 47 heavy (non-hydrogen) atoms. The van der Waals surface area contributed by atoms with Crippen molar-refractivity contribution in [1.82, 2.24) is 24.8 Å². The molecule has 13 nitrogen and oxygen atoms in total. The van der Waals surface area contributed by atoms with E-state index in [0.717, 1.165) is 64.2 Å². The molecule has 6 heterocycles. The minimum Gasteiger partial charge on any atom is -0.378 e. The van der Waals surface area contributed by atoms with Gasteiger partial charge in [0.1, 0.15) is 0 Å². The van der Waals surface area contributed by atoms with E-state index in [2.05, 4.69) is 39.2 Å². The molecule has 2 bridgehead atoms. The number of rotatable bonds is 7. The number of hydrogen-bond acceptors (Lipinski definition) is 10. The summed E-state index contributed by atoms with van der Waals surface area (Å²) in [6.45, 7) is 11.8. The number of piperazine rings is 1. The monoisotopic (exact) mass is 641 g/mol. The Morgan fingerprint density at radius 1 is 0.809 bits per heavy atom. The van der Waals surface area contributed by atoms with Crippen LogP contribution in [-0.2, 0) is 9.47 Å². The van der Waals surface area contributed by atoms with E-state index >= 15 is 0 Å². The van der Waals surface area contributed by atoms with Crippen LogP contribution in [0.1, 0.15) is 37.0 Å². The van der Waals surface area contributed by atoms with Gasteiger partial charge in [0.25, 0.3) is 5.91 Å². The Kier molecular flexibility index (Phi) is 9.18. The Bertz CT molecular complexity index is 1550. The Hall–Kier alpha value is -4.33. The first-order chi connectivity index (χ1) is 22.9. The number of morpholine rings is 2. The first kappa shape index (κ1) is 31.3. The van der Waals surface area contributed by atoms with Gasteiger partial charge >= 0.3 is 6.03 Å². The molecule has 5 aliphatic rings. The number of carbonyl (C=O) groups excluding carboxylic acids is 2. The molecule has 5 aliphatic heterocycles. The summed E-state index contributed by atoms with van der Waals surface area (Å²) in [6.07, 6.45) is 2.35. The number of ether oxygens (including phenoxy) is 2. The van der Waals surface area contributed by atoms with Gasteiger partial charge in [-0.3, -0.25) is 9.69 Å². The van der Waals surface area contributed by atoms with Crippen molar-refractivity contribution >= 4 is 35.2 Å². The molecule has 5 fully saturated rings. The van der Waals surface area contributed by atoms with Crippen LogP contribution >= 0.6 is 0 Å². The second-order valence-corrected chi connectivity index (χ2v) is 12.9. The van der Waals surface area contributed by atoms with Crippen molar-refractivity contribution in [2.75, 3.05) is 86.1 Å². The van der Waals surface area contributed by atoms with Crippen molar-refractivity contribution in [1.29, 1.82) is 0 Å². The standard InChI is InChI=1S/C34H43N9O4/c1-23(2)40-13-15-41(16-14-40)31(44)25-5-9-27(10-6-25)36-34(45)35-26-7-3-24(4-8-26)30-37-32(42-17-19-46-20-18-42)39-33(38-30)43-21-29-12-11-28(43)22-47-29/h3-10,23,28-29H,11-22H2,1-2H3,(H2,35,36,45). The van der Waals surface area contributed by atoms with Gasteiger partial charge in [-0.2, -0.15) is 15.0 Å². The average Bonchev–Trinajstić information content (AvgIpc) is 3.12. The number of amides is 3. The molecule has 0 aliphatic carbocycles. The highest BCUT2D eigenvalue weighted by Gasteiger charge is 2.36. The largest absolute Gasteiger partial charge is 0.378 e. The summed E-state index contributed by atoms with van der Waals surface area (Å²) in [5.41, 5.74) is 2.68. The number of anilines is 4. The molecule has 3 aromatic rings. The number of urea groups is 1. The fourth-order valence-corrected chi connectivity index (χ4v) is 6.63. The molecule has 2 N–H and O–H groups in total. The lowest BCUT2D eigenvalue weighted by Gasteiger charge is -2.45. The second kappa shape index (κ2) is 13.8. The van der Waals surface area contributed by atoms with E-state index in [0.29, 0.717) is 60.5 Å². The van der Waals surface area contributed by atoms with Crippen LogP contribution in [0.5, 0.6) is 0 Å². The van der Waals surface area contributed by atoms with E-state index in [-0.39, 0.29) is 24.1 Å². The lowest BCUT2D eigenvalue weighted by atomic mass is 9.97. The molecule has 3 amide bonds. The fourth-order valence-electron chi connectivity index (χ4n) is 6.63. The zero-order valence-electron chi connectivity index (χ0n) is 27.1. The van der Waals surface area contributed by atoms with Crippen LogP contribution in [-0.4, -0.2) is 121 Å². The number of carbonyl (C=O) groups is 2. The van der Waals surface area contributed by atoms with Gasteiger partial charge in [-0.1, -0.05) is 0 Å². The van der Waals surface area contributed by atoms with Gasteiger partial charge < -0.3 is 34.8 Å². The van der Waals surface area contributed by atoms with E-state index < -0.39 is 0 Å². The lowest BCUT2D eigenvalue weighted by Crippen LogP contribution is -2.55. The Morgan fingerprint density at radius 2 is 1.47 bits per heavy atom. The molecule has 248 valence electrons. The smallest absolute Gasteiger partial charge is 0.323 e. The minimum atomic E-state index is -0.374. The number of nitrogens with one attached hydrogen (secondary N) is 2. The molecular formula is C34H43N9O4. The summed E-state index contributed by atoms with van der Waals surface area (Å²) >= 11 is 0. The third kappa shape index (κ3) is 7.16. The van der Waals surface area contributed by atoms with Crippen molar-refractivity contribution in [3.63, 3.8) is 0 Å². The maximum absolute atomic E-state index is 13.0. The van der Waals surface area contributed by atoms with Gasteiger partial charge in [0.05, 0.1) is 32.0 Å². The van der Waals surface area contributed by atoms with E-state index in [1.807, 2.05) is 29.2 Å². The van der Waals surface area contributed by atoms with Crippen molar-refractivity contribution in [2.45, 2.75) is 44.9 Å². The summed E-state index contributed by atoms with van der Waals surface area (Å²) in [6, 6.07) is 14.9. The van der Waals surface area contributed by atoms with Gasteiger partial charge in [-0.05, 0) is 75.2 Å². The number of piperidine rings is 1. The van der Waals surface area contributed by atoms with E-state index in [9.17, 15) is 9.59 Å². The van der Waals surface area contributed by atoms with Gasteiger partial charge in [-0.25, -0.2) is 4.79 Å². The number of hydrogen-bond donors (Lipinski definition) is 2. The van der Waals surface area contributed by atoms with Crippen LogP contribution in [0.4, 0.5) is 28.1 Å². The number of benzene rings is 2. The first-order valence-corrected chi connectivity index (χ1v) is 16.7. The van der Waals surface area contributed by atoms with Crippen LogP contribution in [0.15, 0.2) is 48.5 Å². The highest BCUT2D eigenvalue weighted by molar-refractivity contribution is 6.00. The number of aromatic nitrogens is 3. The average molecular weight is 642 g/mol. The zero-order valence-corrected chi connectivity index (χ0v) is 27.1. The summed E-state index contributed by atoms with van der Waals surface area (Å²) in [5.74, 6) is 1.94. The highest BCUT2D eigenvalue weighted by Crippen LogP contribution is 2.31. The zero-order chi connectivity index (χ0) is 32.3. The van der Waals surface area contributed by atoms with Crippen molar-refractivity contribution in [2.24, 2.45) is 0 Å². The molecular weight excluding hydrogens is 598 g/mol. The SMILES string of the molecule is CC(C)N1CCN(C(=O)c2ccc(NC(=O)Nc3ccc(-c4nc(N5CCOCC5)nc(N5CC6CCC5CO6)n4)cc3)cc2)CC1. The van der Waals surface area contributed by atoms with Crippen LogP contribution in [0.3, 0.4) is 0 Å². The lowest BCUT2D eigenvalue weighted by molar-refractivity contribution is -0.0232. The number of nitrogens with zero attached hydrogens (tertiary/aromatic N) is 7. The van der Waals surface area contributed by atoms with E-state index in [1.165, 1.54) is 0 Å². The molecule has 8 rings (SSSR count). The highest BCUT2D eigenvalue weighted by atomic mass is 16.5. The molecule has 1 aromatic heterocycles.